The number of rotatable bonds is 4. The predicted molar refractivity (Wildman–Crippen MR) is 66.8 cm³/mol. The molecule has 4 unspecified atom stereocenters. The van der Waals surface area contributed by atoms with Gasteiger partial charge in [0.25, 0.3) is 0 Å². The number of carbonyl (C=O) groups is 2. The molecule has 0 aromatic heterocycles. The summed E-state index contributed by atoms with van der Waals surface area (Å²) in [5, 5.41) is 0. The molecule has 0 bridgehead atoms. The lowest BCUT2D eigenvalue weighted by molar-refractivity contribution is -0.153. The third kappa shape index (κ3) is 3.77. The number of hydrogen-bond acceptors (Lipinski definition) is 6. The molecule has 0 N–H and O–H groups in total. The zero-order valence-electron chi connectivity index (χ0n) is 11.4. The van der Waals surface area contributed by atoms with Crippen LogP contribution >= 0.6 is 0 Å². The molecule has 0 aromatic rings. The van der Waals surface area contributed by atoms with Crippen LogP contribution in [-0.4, -0.2) is 50.6 Å². The second kappa shape index (κ2) is 6.20. The molecule has 6 nitrogen and oxygen atoms in total. The molecule has 0 aromatic carbocycles. The van der Waals surface area contributed by atoms with Crippen LogP contribution in [0.15, 0.2) is 0 Å². The van der Waals surface area contributed by atoms with Crippen LogP contribution in [0.1, 0.15) is 25.7 Å². The van der Waals surface area contributed by atoms with E-state index >= 15 is 0 Å². The van der Waals surface area contributed by atoms with E-state index in [1.807, 2.05) is 0 Å². The zero-order chi connectivity index (χ0) is 13.9. The molecule has 4 rings (SSSR count). The van der Waals surface area contributed by atoms with E-state index in [0.717, 1.165) is 52.1 Å². The van der Waals surface area contributed by atoms with Crippen molar-refractivity contribution in [3.05, 3.63) is 0 Å². The summed E-state index contributed by atoms with van der Waals surface area (Å²) in [5.74, 6) is -0.785. The molecule has 0 spiro atoms. The third-order valence-corrected chi connectivity index (χ3v) is 3.98. The first-order valence-corrected chi connectivity index (χ1v) is 7.30. The summed E-state index contributed by atoms with van der Waals surface area (Å²) in [5.41, 5.74) is 0. The molecule has 0 amide bonds. The largest absolute Gasteiger partial charge is 0.393 e. The molecule has 4 fully saturated rings. The van der Waals surface area contributed by atoms with Gasteiger partial charge in [0.15, 0.2) is 0 Å². The van der Waals surface area contributed by atoms with Gasteiger partial charge in [-0.05, 0) is 12.8 Å². The van der Waals surface area contributed by atoms with E-state index in [9.17, 15) is 9.59 Å². The van der Waals surface area contributed by atoms with Crippen LogP contribution in [0.2, 0.25) is 0 Å². The summed E-state index contributed by atoms with van der Waals surface area (Å²) in [4.78, 5) is 22.0. The van der Waals surface area contributed by atoms with Crippen LogP contribution in [-0.2, 0) is 28.5 Å². The highest BCUT2D eigenvalue weighted by Crippen LogP contribution is 2.36. The van der Waals surface area contributed by atoms with Crippen LogP contribution in [0.25, 0.3) is 0 Å². The maximum Gasteiger partial charge on any atom is 0.317 e. The second-order valence-electron chi connectivity index (χ2n) is 5.69. The highest BCUT2D eigenvalue weighted by molar-refractivity contribution is 5.96. The highest BCUT2D eigenvalue weighted by atomic mass is 16.6. The van der Waals surface area contributed by atoms with Crippen LogP contribution in [0.5, 0.6) is 0 Å². The van der Waals surface area contributed by atoms with E-state index in [4.69, 9.17) is 14.2 Å². The van der Waals surface area contributed by atoms with E-state index in [1.165, 1.54) is 0 Å². The molecule has 1 saturated carbocycles. The van der Waals surface area contributed by atoms with Crippen molar-refractivity contribution in [3.8, 4) is 0 Å². The normalized spacial score (nSPS) is 37.6. The lowest BCUT2D eigenvalue weighted by Gasteiger charge is -2.18. The number of carbonyl (C=O) groups excluding carboxylic acids is 2. The monoisotopic (exact) mass is 284 g/mol. The summed E-state index contributed by atoms with van der Waals surface area (Å²) >= 11 is 0. The van der Waals surface area contributed by atoms with Gasteiger partial charge in [0.05, 0.1) is 38.3 Å². The molecule has 3 aliphatic heterocycles. The summed E-state index contributed by atoms with van der Waals surface area (Å²) < 4.78 is 19.7. The molecular weight excluding hydrogens is 264 g/mol. The van der Waals surface area contributed by atoms with Gasteiger partial charge in [-0.2, -0.15) is 0 Å². The summed E-state index contributed by atoms with van der Waals surface area (Å²) in [6.07, 6.45) is 4.59. The topological polar surface area (TPSA) is 77.7 Å². The van der Waals surface area contributed by atoms with Crippen molar-refractivity contribution in [2.75, 3.05) is 26.4 Å². The van der Waals surface area contributed by atoms with Crippen molar-refractivity contribution in [1.82, 2.24) is 0 Å². The highest BCUT2D eigenvalue weighted by Gasteiger charge is 2.44. The Morgan fingerprint density at radius 3 is 1.75 bits per heavy atom. The van der Waals surface area contributed by atoms with Gasteiger partial charge in [0, 0.05) is 0 Å². The van der Waals surface area contributed by atoms with Gasteiger partial charge in [0.2, 0.25) is 0 Å². The summed E-state index contributed by atoms with van der Waals surface area (Å²) in [6, 6.07) is 0. The van der Waals surface area contributed by atoms with Gasteiger partial charge in [-0.3, -0.25) is 9.59 Å². The smallest absolute Gasteiger partial charge is 0.317 e. The van der Waals surface area contributed by atoms with Gasteiger partial charge in [-0.15, -0.1) is 0 Å². The molecule has 6 heteroatoms. The van der Waals surface area contributed by atoms with Crippen molar-refractivity contribution >= 4 is 11.9 Å². The molecule has 3 heterocycles. The standard InChI is InChI=1S/C8H10O3.C6H10O3/c9-7-5-3-1-2-4-6(5)8(10)11-7;1(5-3-8-5)7-2-6-4-9-6/h5-6H,1-4H2;5-6H,1-4H2. The maximum absolute atomic E-state index is 11.0. The fourth-order valence-corrected chi connectivity index (χ4v) is 2.61. The number of fused-ring (bicyclic) bond motifs is 1. The molecular formula is C14H20O6. The van der Waals surface area contributed by atoms with Crippen molar-refractivity contribution in [2.24, 2.45) is 11.8 Å². The van der Waals surface area contributed by atoms with E-state index in [-0.39, 0.29) is 23.8 Å². The Morgan fingerprint density at radius 2 is 1.35 bits per heavy atom. The van der Waals surface area contributed by atoms with Gasteiger partial charge >= 0.3 is 11.9 Å². The SMILES string of the molecule is C(OCC1CO1)C1CO1.O=C1OC(=O)C2CCCCC12. The van der Waals surface area contributed by atoms with Crippen molar-refractivity contribution in [3.63, 3.8) is 0 Å². The third-order valence-electron chi connectivity index (χ3n) is 3.98. The molecule has 1 aliphatic carbocycles. The Kier molecular flexibility index (Phi) is 4.33. The van der Waals surface area contributed by atoms with Crippen molar-refractivity contribution in [1.29, 1.82) is 0 Å². The second-order valence-corrected chi connectivity index (χ2v) is 5.69. The maximum atomic E-state index is 11.0. The van der Waals surface area contributed by atoms with E-state index in [0.29, 0.717) is 12.2 Å². The van der Waals surface area contributed by atoms with Gasteiger partial charge in [-0.25, -0.2) is 0 Å². The summed E-state index contributed by atoms with van der Waals surface area (Å²) in [6.45, 7) is 3.26. The van der Waals surface area contributed by atoms with E-state index in [1.54, 1.807) is 0 Å². The van der Waals surface area contributed by atoms with Crippen LogP contribution in [0.4, 0.5) is 0 Å². The number of hydrogen-bond donors (Lipinski definition) is 0. The Morgan fingerprint density at radius 1 is 0.900 bits per heavy atom. The van der Waals surface area contributed by atoms with Gasteiger partial charge in [-0.1, -0.05) is 12.8 Å². The molecule has 0 radical (unpaired) electrons. The van der Waals surface area contributed by atoms with Crippen LogP contribution in [0, 0.1) is 11.8 Å². The van der Waals surface area contributed by atoms with E-state index < -0.39 is 0 Å². The minimum Gasteiger partial charge on any atom is -0.393 e. The number of epoxide rings is 2. The Labute approximate surface area is 117 Å². The zero-order valence-corrected chi connectivity index (χ0v) is 11.4. The first kappa shape index (κ1) is 14.0. The Bertz CT molecular complexity index is 340. The molecule has 112 valence electrons. The molecule has 20 heavy (non-hydrogen) atoms. The average Bonchev–Trinajstić information content (AvgIpc) is 3.34. The van der Waals surface area contributed by atoms with Gasteiger partial charge < -0.3 is 18.9 Å². The van der Waals surface area contributed by atoms with Gasteiger partial charge in [0.1, 0.15) is 12.2 Å². The predicted octanol–water partition coefficient (Wildman–Crippen LogP) is 0.677. The lowest BCUT2D eigenvalue weighted by Crippen LogP contribution is -2.21. The average molecular weight is 284 g/mol. The molecule has 3 saturated heterocycles. The molecule has 4 atom stereocenters. The lowest BCUT2D eigenvalue weighted by atomic mass is 9.81. The minimum absolute atomic E-state index is 0.101. The van der Waals surface area contributed by atoms with Crippen molar-refractivity contribution < 1.29 is 28.5 Å². The number of ether oxygens (including phenoxy) is 4. The Balaban J connectivity index is 0.000000123. The number of esters is 2. The number of cyclic esters (lactones) is 2. The Hall–Kier alpha value is -0.980. The fraction of sp³-hybridized carbons (Fsp3) is 0.857. The molecule has 4 aliphatic rings. The first-order chi connectivity index (χ1) is 9.74. The summed E-state index contributed by atoms with van der Waals surface area (Å²) in [7, 11) is 0. The van der Waals surface area contributed by atoms with E-state index in [2.05, 4.69) is 4.74 Å². The van der Waals surface area contributed by atoms with Crippen molar-refractivity contribution in [2.45, 2.75) is 37.9 Å². The fourth-order valence-electron chi connectivity index (χ4n) is 2.61. The minimum atomic E-state index is -0.292. The quantitative estimate of drug-likeness (QED) is 0.429. The van der Waals surface area contributed by atoms with Crippen LogP contribution < -0.4 is 0 Å². The van der Waals surface area contributed by atoms with Crippen LogP contribution in [0.3, 0.4) is 0 Å². The first-order valence-electron chi connectivity index (χ1n) is 7.30.